The van der Waals surface area contributed by atoms with Gasteiger partial charge in [-0.15, -0.1) is 0 Å². The highest BCUT2D eigenvalue weighted by molar-refractivity contribution is 5.91. The van der Waals surface area contributed by atoms with Crippen LogP contribution in [-0.2, 0) is 14.3 Å². The lowest BCUT2D eigenvalue weighted by Crippen LogP contribution is -2.43. The lowest BCUT2D eigenvalue weighted by atomic mass is 10.2. The number of amides is 2. The Morgan fingerprint density at radius 3 is 2.69 bits per heavy atom. The molecule has 1 aromatic carbocycles. The van der Waals surface area contributed by atoms with Crippen molar-refractivity contribution in [1.29, 1.82) is 0 Å². The van der Waals surface area contributed by atoms with Gasteiger partial charge in [-0.3, -0.25) is 14.5 Å². The van der Waals surface area contributed by atoms with E-state index in [1.807, 2.05) is 0 Å². The number of carbonyl (C=O) groups excluding carboxylic acids is 2. The van der Waals surface area contributed by atoms with Crippen molar-refractivity contribution in [2.24, 2.45) is 0 Å². The Labute approximate surface area is 153 Å². The summed E-state index contributed by atoms with van der Waals surface area (Å²) in [5, 5.41) is 2.83. The average molecular weight is 363 g/mol. The highest BCUT2D eigenvalue weighted by Gasteiger charge is 2.17. The fourth-order valence-corrected chi connectivity index (χ4v) is 2.95. The van der Waals surface area contributed by atoms with Gasteiger partial charge < -0.3 is 24.4 Å². The minimum atomic E-state index is -0.138. The van der Waals surface area contributed by atoms with Crippen molar-refractivity contribution < 1.29 is 23.8 Å². The van der Waals surface area contributed by atoms with Gasteiger partial charge in [-0.2, -0.15) is 0 Å². The van der Waals surface area contributed by atoms with E-state index in [0.29, 0.717) is 30.3 Å². The van der Waals surface area contributed by atoms with E-state index in [1.165, 1.54) is 6.92 Å². The molecule has 2 aliphatic rings. The lowest BCUT2D eigenvalue weighted by molar-refractivity contribution is -0.129. The number of nitrogens with zero attached hydrogens (tertiary/aromatic N) is 2. The second-order valence-corrected chi connectivity index (χ2v) is 6.33. The Hall–Kier alpha value is -2.32. The third kappa shape index (κ3) is 5.09. The molecule has 2 heterocycles. The number of hydrogen-bond acceptors (Lipinski definition) is 6. The number of anilines is 1. The molecule has 1 aromatic rings. The predicted molar refractivity (Wildman–Crippen MR) is 95.3 cm³/mol. The third-order valence-corrected chi connectivity index (χ3v) is 4.50. The van der Waals surface area contributed by atoms with Crippen LogP contribution in [0.5, 0.6) is 11.5 Å². The summed E-state index contributed by atoms with van der Waals surface area (Å²) in [4.78, 5) is 28.0. The van der Waals surface area contributed by atoms with Crippen LogP contribution < -0.4 is 14.8 Å². The molecule has 0 radical (unpaired) electrons. The summed E-state index contributed by atoms with van der Waals surface area (Å²) in [5.74, 6) is 1.14. The molecule has 142 valence electrons. The van der Waals surface area contributed by atoms with Gasteiger partial charge in [0.25, 0.3) is 0 Å². The number of carbonyl (C=O) groups is 2. The number of hydrogen-bond donors (Lipinski definition) is 1. The predicted octanol–water partition coefficient (Wildman–Crippen LogP) is 0.925. The van der Waals surface area contributed by atoms with E-state index in [2.05, 4.69) is 10.2 Å². The van der Waals surface area contributed by atoms with Crippen LogP contribution in [0.4, 0.5) is 5.69 Å². The maximum Gasteiger partial charge on any atom is 0.231 e. The van der Waals surface area contributed by atoms with Crippen LogP contribution in [-0.4, -0.2) is 74.3 Å². The van der Waals surface area contributed by atoms with E-state index < -0.39 is 0 Å². The molecule has 0 atom stereocenters. The van der Waals surface area contributed by atoms with Crippen molar-refractivity contribution in [2.45, 2.75) is 13.3 Å². The normalized spacial score (nSPS) is 16.3. The van der Waals surface area contributed by atoms with Gasteiger partial charge in [-0.25, -0.2) is 0 Å². The first-order valence-electron chi connectivity index (χ1n) is 8.87. The molecule has 0 spiro atoms. The molecular weight excluding hydrogens is 338 g/mol. The molecule has 2 aliphatic heterocycles. The standard InChI is InChI=1S/C18H25N3O5/c1-14(22)21(7-6-20-8-10-24-11-9-20)5-4-18(23)19-15-2-3-16-17(12-15)26-13-25-16/h2-3,12H,4-11,13H2,1H3,(H,19,23). The lowest BCUT2D eigenvalue weighted by Gasteiger charge is -2.29. The Morgan fingerprint density at radius 2 is 1.92 bits per heavy atom. The smallest absolute Gasteiger partial charge is 0.231 e. The molecule has 1 N–H and O–H groups in total. The van der Waals surface area contributed by atoms with E-state index in [0.717, 1.165) is 32.8 Å². The topological polar surface area (TPSA) is 80.3 Å². The first-order chi connectivity index (χ1) is 12.6. The zero-order valence-electron chi connectivity index (χ0n) is 15.0. The van der Waals surface area contributed by atoms with Gasteiger partial charge in [0, 0.05) is 57.8 Å². The Bertz CT molecular complexity index is 646. The van der Waals surface area contributed by atoms with Crippen molar-refractivity contribution in [2.75, 3.05) is 58.0 Å². The number of fused-ring (bicyclic) bond motifs is 1. The van der Waals surface area contributed by atoms with Crippen molar-refractivity contribution in [3.05, 3.63) is 18.2 Å². The molecule has 1 saturated heterocycles. The number of nitrogens with one attached hydrogen (secondary N) is 1. The van der Waals surface area contributed by atoms with Crippen LogP contribution in [0, 0.1) is 0 Å². The minimum Gasteiger partial charge on any atom is -0.454 e. The molecule has 0 aromatic heterocycles. The van der Waals surface area contributed by atoms with Gasteiger partial charge in [-0.1, -0.05) is 0 Å². The molecule has 26 heavy (non-hydrogen) atoms. The van der Waals surface area contributed by atoms with Crippen LogP contribution in [0.15, 0.2) is 18.2 Å². The van der Waals surface area contributed by atoms with Crippen LogP contribution in [0.3, 0.4) is 0 Å². The zero-order chi connectivity index (χ0) is 18.4. The maximum absolute atomic E-state index is 12.2. The van der Waals surface area contributed by atoms with Crippen LogP contribution in [0.2, 0.25) is 0 Å². The third-order valence-electron chi connectivity index (χ3n) is 4.50. The molecule has 0 unspecified atom stereocenters. The molecule has 8 heteroatoms. The molecule has 0 bridgehead atoms. The maximum atomic E-state index is 12.2. The molecule has 0 aliphatic carbocycles. The van der Waals surface area contributed by atoms with Crippen molar-refractivity contribution >= 4 is 17.5 Å². The zero-order valence-corrected chi connectivity index (χ0v) is 15.0. The second kappa shape index (κ2) is 8.86. The SMILES string of the molecule is CC(=O)N(CCC(=O)Nc1ccc2c(c1)OCO2)CCN1CCOCC1. The van der Waals surface area contributed by atoms with Gasteiger partial charge >= 0.3 is 0 Å². The summed E-state index contributed by atoms with van der Waals surface area (Å²) in [5.41, 5.74) is 0.655. The number of rotatable bonds is 7. The average Bonchev–Trinajstić information content (AvgIpc) is 3.10. The monoisotopic (exact) mass is 363 g/mol. The highest BCUT2D eigenvalue weighted by Crippen LogP contribution is 2.34. The van der Waals surface area contributed by atoms with Crippen LogP contribution in [0.25, 0.3) is 0 Å². The van der Waals surface area contributed by atoms with E-state index in [1.54, 1.807) is 23.1 Å². The van der Waals surface area contributed by atoms with Crippen LogP contribution in [0.1, 0.15) is 13.3 Å². The fraction of sp³-hybridized carbons (Fsp3) is 0.556. The number of morpholine rings is 1. The summed E-state index contributed by atoms with van der Waals surface area (Å²) < 4.78 is 15.9. The van der Waals surface area contributed by atoms with Crippen molar-refractivity contribution in [3.63, 3.8) is 0 Å². The minimum absolute atomic E-state index is 0.0193. The van der Waals surface area contributed by atoms with Crippen LogP contribution >= 0.6 is 0 Å². The number of benzene rings is 1. The Kier molecular flexibility index (Phi) is 6.30. The van der Waals surface area contributed by atoms with E-state index >= 15 is 0 Å². The van der Waals surface area contributed by atoms with Gasteiger partial charge in [0.15, 0.2) is 11.5 Å². The first-order valence-corrected chi connectivity index (χ1v) is 8.87. The van der Waals surface area contributed by atoms with Crippen molar-refractivity contribution in [1.82, 2.24) is 9.80 Å². The largest absolute Gasteiger partial charge is 0.454 e. The molecule has 3 rings (SSSR count). The van der Waals surface area contributed by atoms with E-state index in [4.69, 9.17) is 14.2 Å². The quantitative estimate of drug-likeness (QED) is 0.776. The van der Waals surface area contributed by atoms with Gasteiger partial charge in [-0.05, 0) is 12.1 Å². The van der Waals surface area contributed by atoms with E-state index in [9.17, 15) is 9.59 Å². The molecule has 8 nitrogen and oxygen atoms in total. The Morgan fingerprint density at radius 1 is 1.15 bits per heavy atom. The van der Waals surface area contributed by atoms with Crippen molar-refractivity contribution in [3.8, 4) is 11.5 Å². The summed E-state index contributed by atoms with van der Waals surface area (Å²) in [6, 6.07) is 5.27. The number of ether oxygens (including phenoxy) is 3. The molecule has 0 saturated carbocycles. The molecular formula is C18H25N3O5. The first kappa shape index (κ1) is 18.5. The van der Waals surface area contributed by atoms with E-state index in [-0.39, 0.29) is 25.0 Å². The summed E-state index contributed by atoms with van der Waals surface area (Å²) in [6.07, 6.45) is 0.247. The van der Waals surface area contributed by atoms with Gasteiger partial charge in [0.1, 0.15) is 0 Å². The van der Waals surface area contributed by atoms with Gasteiger partial charge in [0.05, 0.1) is 13.2 Å². The summed E-state index contributed by atoms with van der Waals surface area (Å²) >= 11 is 0. The second-order valence-electron chi connectivity index (χ2n) is 6.33. The molecule has 2 amide bonds. The Balaban J connectivity index is 1.44. The molecule has 1 fully saturated rings. The fourth-order valence-electron chi connectivity index (χ4n) is 2.95. The summed E-state index contributed by atoms with van der Waals surface area (Å²) in [7, 11) is 0. The summed E-state index contributed by atoms with van der Waals surface area (Å²) in [6.45, 7) is 6.79. The highest BCUT2D eigenvalue weighted by atomic mass is 16.7. The van der Waals surface area contributed by atoms with Gasteiger partial charge in [0.2, 0.25) is 18.6 Å².